The minimum Gasteiger partial charge on any atom is -0.496 e. The van der Waals surface area contributed by atoms with E-state index in [1.165, 1.54) is 0 Å². The van der Waals surface area contributed by atoms with Crippen LogP contribution in [-0.4, -0.2) is 17.9 Å². The minimum absolute atomic E-state index is 0.0691. The van der Waals surface area contributed by atoms with Crippen LogP contribution in [0.2, 0.25) is 0 Å². The molecule has 152 valence electrons. The number of benzene rings is 2. The molecular formula is C25H23BrN2O2. The zero-order valence-corrected chi connectivity index (χ0v) is 18.8. The van der Waals surface area contributed by atoms with Crippen LogP contribution in [-0.2, 0) is 4.79 Å². The topological polar surface area (TPSA) is 51.2 Å². The predicted molar refractivity (Wildman–Crippen MR) is 124 cm³/mol. The average Bonchev–Trinajstić information content (AvgIpc) is 2.72. The number of Topliss-reactive ketones (excluding diaryl/α,β-unsaturated/α-hetero) is 1. The van der Waals surface area contributed by atoms with Crippen LogP contribution in [0.15, 0.2) is 58.7 Å². The molecule has 1 aliphatic heterocycles. The molecule has 0 radical (unpaired) electrons. The zero-order valence-electron chi connectivity index (χ0n) is 17.3. The molecule has 5 rings (SSSR count). The Morgan fingerprint density at radius 3 is 2.80 bits per heavy atom. The van der Waals surface area contributed by atoms with Crippen molar-refractivity contribution >= 4 is 43.9 Å². The molecule has 3 aromatic rings. The summed E-state index contributed by atoms with van der Waals surface area (Å²) in [7, 11) is 1.67. The van der Waals surface area contributed by atoms with Crippen molar-refractivity contribution in [2.45, 2.75) is 32.7 Å². The number of hydrogen-bond donors (Lipinski definition) is 1. The molecule has 1 atom stereocenters. The normalized spacial score (nSPS) is 19.9. The van der Waals surface area contributed by atoms with Crippen molar-refractivity contribution in [3.05, 3.63) is 69.8 Å². The molecule has 0 fully saturated rings. The van der Waals surface area contributed by atoms with Gasteiger partial charge in [-0.3, -0.25) is 9.78 Å². The highest BCUT2D eigenvalue weighted by molar-refractivity contribution is 9.10. The molecule has 0 spiro atoms. The molecule has 0 bridgehead atoms. The van der Waals surface area contributed by atoms with Gasteiger partial charge in [0, 0.05) is 39.2 Å². The van der Waals surface area contributed by atoms with E-state index in [2.05, 4.69) is 52.2 Å². The number of pyridine rings is 1. The van der Waals surface area contributed by atoms with E-state index in [1.807, 2.05) is 36.5 Å². The van der Waals surface area contributed by atoms with Gasteiger partial charge in [0.25, 0.3) is 0 Å². The Kier molecular flexibility index (Phi) is 4.47. The molecule has 2 heterocycles. The molecule has 1 aliphatic carbocycles. The number of rotatable bonds is 2. The van der Waals surface area contributed by atoms with Crippen LogP contribution in [0, 0.1) is 5.41 Å². The molecule has 4 nitrogen and oxygen atoms in total. The fraction of sp³-hybridized carbons (Fsp3) is 0.280. The maximum atomic E-state index is 13.4. The van der Waals surface area contributed by atoms with Gasteiger partial charge in [0.05, 0.1) is 24.4 Å². The number of halogens is 1. The smallest absolute Gasteiger partial charge is 0.162 e. The van der Waals surface area contributed by atoms with Crippen LogP contribution in [0.25, 0.3) is 16.5 Å². The number of anilines is 1. The van der Waals surface area contributed by atoms with Gasteiger partial charge in [0.1, 0.15) is 5.75 Å². The number of nitrogens with one attached hydrogen (secondary N) is 1. The maximum absolute atomic E-state index is 13.4. The van der Waals surface area contributed by atoms with Gasteiger partial charge in [0.15, 0.2) is 5.78 Å². The summed E-state index contributed by atoms with van der Waals surface area (Å²) in [5.41, 5.74) is 5.98. The Labute approximate surface area is 184 Å². The first kappa shape index (κ1) is 19.3. The summed E-state index contributed by atoms with van der Waals surface area (Å²) in [5, 5.41) is 4.76. The fourth-order valence-corrected chi connectivity index (χ4v) is 5.23. The van der Waals surface area contributed by atoms with Crippen LogP contribution in [0.4, 0.5) is 5.69 Å². The van der Waals surface area contributed by atoms with E-state index in [0.29, 0.717) is 6.42 Å². The summed E-state index contributed by atoms with van der Waals surface area (Å²) >= 11 is 3.59. The number of nitrogens with zero attached hydrogens (tertiary/aromatic N) is 1. The van der Waals surface area contributed by atoms with Crippen LogP contribution >= 0.6 is 15.9 Å². The van der Waals surface area contributed by atoms with Crippen molar-refractivity contribution in [1.29, 1.82) is 0 Å². The number of carbonyl (C=O) groups is 1. The van der Waals surface area contributed by atoms with E-state index >= 15 is 0 Å². The molecule has 2 aromatic carbocycles. The molecule has 5 heteroatoms. The summed E-state index contributed by atoms with van der Waals surface area (Å²) in [6.45, 7) is 4.35. The lowest BCUT2D eigenvalue weighted by molar-refractivity contribution is -0.118. The van der Waals surface area contributed by atoms with Crippen molar-refractivity contribution < 1.29 is 9.53 Å². The van der Waals surface area contributed by atoms with Crippen LogP contribution in [0.3, 0.4) is 0 Å². The Morgan fingerprint density at radius 1 is 1.17 bits per heavy atom. The minimum atomic E-state index is -0.269. The number of fused-ring (bicyclic) bond motifs is 4. The van der Waals surface area contributed by atoms with E-state index in [-0.39, 0.29) is 17.2 Å². The van der Waals surface area contributed by atoms with Crippen molar-refractivity contribution in [2.24, 2.45) is 5.41 Å². The first-order valence-corrected chi connectivity index (χ1v) is 10.9. The van der Waals surface area contributed by atoms with Crippen molar-refractivity contribution in [2.75, 3.05) is 12.4 Å². The summed E-state index contributed by atoms with van der Waals surface area (Å²) in [6.07, 6.45) is 3.22. The highest BCUT2D eigenvalue weighted by Crippen LogP contribution is 2.52. The van der Waals surface area contributed by atoms with Crippen molar-refractivity contribution in [1.82, 2.24) is 4.98 Å². The maximum Gasteiger partial charge on any atom is 0.162 e. The first-order chi connectivity index (χ1) is 14.4. The summed E-state index contributed by atoms with van der Waals surface area (Å²) < 4.78 is 6.63. The molecule has 0 amide bonds. The highest BCUT2D eigenvalue weighted by atomic mass is 79.9. The van der Waals surface area contributed by atoms with Gasteiger partial charge in [-0.2, -0.15) is 0 Å². The second-order valence-corrected chi connectivity index (χ2v) is 9.77. The summed E-state index contributed by atoms with van der Waals surface area (Å²) in [6, 6.07) is 13.9. The van der Waals surface area contributed by atoms with Crippen molar-refractivity contribution in [3.63, 3.8) is 0 Å². The number of hydrogen-bond acceptors (Lipinski definition) is 4. The van der Waals surface area contributed by atoms with E-state index in [0.717, 1.165) is 55.5 Å². The molecule has 1 aromatic heterocycles. The number of ether oxygens (including phenoxy) is 1. The second-order valence-electron chi connectivity index (χ2n) is 8.86. The molecule has 0 saturated carbocycles. The molecule has 0 unspecified atom stereocenters. The number of ketones is 1. The van der Waals surface area contributed by atoms with Crippen LogP contribution in [0.1, 0.15) is 43.9 Å². The van der Waals surface area contributed by atoms with Gasteiger partial charge in [-0.05, 0) is 53.8 Å². The molecule has 2 aliphatic rings. The number of aromatic nitrogens is 1. The van der Waals surface area contributed by atoms with E-state index in [9.17, 15) is 4.79 Å². The molecule has 1 N–H and O–H groups in total. The summed E-state index contributed by atoms with van der Waals surface area (Å²) in [4.78, 5) is 18.0. The van der Waals surface area contributed by atoms with Gasteiger partial charge in [0.2, 0.25) is 0 Å². The van der Waals surface area contributed by atoms with Crippen LogP contribution in [0.5, 0.6) is 5.75 Å². The largest absolute Gasteiger partial charge is 0.496 e. The fourth-order valence-electron chi connectivity index (χ4n) is 4.85. The van der Waals surface area contributed by atoms with Crippen molar-refractivity contribution in [3.8, 4) is 5.75 Å². The Hall–Kier alpha value is -2.66. The highest BCUT2D eigenvalue weighted by Gasteiger charge is 2.41. The lowest BCUT2D eigenvalue weighted by Crippen LogP contribution is -2.33. The van der Waals surface area contributed by atoms with Gasteiger partial charge in [-0.1, -0.05) is 35.8 Å². The Balaban J connectivity index is 1.82. The van der Waals surface area contributed by atoms with E-state index in [1.54, 1.807) is 7.11 Å². The van der Waals surface area contributed by atoms with Gasteiger partial charge in [-0.15, -0.1) is 0 Å². The molecule has 30 heavy (non-hydrogen) atoms. The Bertz CT molecular complexity index is 1230. The number of allylic oxidation sites excluding steroid dienone is 1. The average molecular weight is 463 g/mol. The quantitative estimate of drug-likeness (QED) is 0.484. The third kappa shape index (κ3) is 3.03. The predicted octanol–water partition coefficient (Wildman–Crippen LogP) is 6.32. The third-order valence-electron chi connectivity index (χ3n) is 6.11. The number of carbonyl (C=O) groups excluding carboxylic acids is 1. The lowest BCUT2D eigenvalue weighted by Gasteiger charge is -2.40. The first-order valence-electron chi connectivity index (χ1n) is 10.1. The molecule has 0 saturated heterocycles. The SMILES string of the molecule is COc1ccc(Br)cc1[C@@H]1Nc2c(ccc3ncccc23)C2=C1C(=O)CC(C)(C)C2. The van der Waals surface area contributed by atoms with Gasteiger partial charge in [-0.25, -0.2) is 0 Å². The van der Waals surface area contributed by atoms with E-state index < -0.39 is 0 Å². The van der Waals surface area contributed by atoms with E-state index in [4.69, 9.17) is 4.74 Å². The third-order valence-corrected chi connectivity index (χ3v) is 6.60. The lowest BCUT2D eigenvalue weighted by atomic mass is 9.68. The molecular weight excluding hydrogens is 440 g/mol. The summed E-state index contributed by atoms with van der Waals surface area (Å²) in [5.74, 6) is 0.972. The van der Waals surface area contributed by atoms with Gasteiger partial charge >= 0.3 is 0 Å². The standard InChI is InChI=1S/C25H23BrN2O2/c1-25(2)12-18-15-7-8-19-16(5-4-10-27-19)23(15)28-24(22(18)20(29)13-25)17-11-14(26)6-9-21(17)30-3/h4-11,24,28H,12-13H2,1-3H3/t24-/m0/s1. The van der Waals surface area contributed by atoms with Crippen LogP contribution < -0.4 is 10.1 Å². The number of methoxy groups -OCH3 is 1. The Morgan fingerprint density at radius 2 is 2.00 bits per heavy atom. The second kappa shape index (κ2) is 6.95. The monoisotopic (exact) mass is 462 g/mol. The zero-order chi connectivity index (χ0) is 21.0. The van der Waals surface area contributed by atoms with Gasteiger partial charge < -0.3 is 10.1 Å².